The fourth-order valence-electron chi connectivity index (χ4n) is 2.30. The van der Waals surface area contributed by atoms with Gasteiger partial charge in [-0.1, -0.05) is 6.07 Å². The van der Waals surface area contributed by atoms with Gasteiger partial charge in [0.15, 0.2) is 0 Å². The lowest BCUT2D eigenvalue weighted by Crippen LogP contribution is -2.50. The van der Waals surface area contributed by atoms with E-state index in [1.807, 2.05) is 0 Å². The number of nitrogens with zero attached hydrogens (tertiary/aromatic N) is 3. The zero-order valence-corrected chi connectivity index (χ0v) is 11.8. The average molecular weight is 297 g/mol. The third-order valence-corrected chi connectivity index (χ3v) is 3.43. The molecule has 22 heavy (non-hydrogen) atoms. The van der Waals surface area contributed by atoms with Crippen LogP contribution in [-0.2, 0) is 4.79 Å². The van der Waals surface area contributed by atoms with Crippen molar-refractivity contribution >= 4 is 11.8 Å². The Labute approximate surface area is 127 Å². The molecule has 1 aliphatic heterocycles. The maximum absolute atomic E-state index is 12.3. The van der Waals surface area contributed by atoms with Crippen LogP contribution in [0.15, 0.2) is 36.9 Å². The quantitative estimate of drug-likeness (QED) is 0.862. The molecule has 3 rings (SSSR count). The standard InChI is InChI=1S/C15H15N5O2/c21-14-12(5-2-6-18-14)20-15(22)13-4-1-3-11(19-13)10-7-16-9-17-8-10/h1,3-4,7-9,12H,2,5-6H2,(H,18,21)(H,20,22)/t12-/m0/s1. The summed E-state index contributed by atoms with van der Waals surface area (Å²) in [5.41, 5.74) is 1.61. The topological polar surface area (TPSA) is 96.9 Å². The number of carbonyl (C=O) groups excluding carboxylic acids is 2. The molecule has 0 radical (unpaired) electrons. The van der Waals surface area contributed by atoms with Crippen LogP contribution in [0.4, 0.5) is 0 Å². The lowest BCUT2D eigenvalue weighted by Gasteiger charge is -2.22. The molecule has 1 atom stereocenters. The summed E-state index contributed by atoms with van der Waals surface area (Å²) >= 11 is 0. The minimum atomic E-state index is -0.494. The molecule has 0 aromatic carbocycles. The monoisotopic (exact) mass is 297 g/mol. The predicted octanol–water partition coefficient (Wildman–Crippen LogP) is 0.547. The fraction of sp³-hybridized carbons (Fsp3) is 0.267. The first-order valence-corrected chi connectivity index (χ1v) is 7.05. The summed E-state index contributed by atoms with van der Waals surface area (Å²) in [6.45, 7) is 0.660. The minimum absolute atomic E-state index is 0.146. The summed E-state index contributed by atoms with van der Waals surface area (Å²) in [6, 6.07) is 4.64. The molecule has 0 unspecified atom stereocenters. The third-order valence-electron chi connectivity index (χ3n) is 3.43. The Balaban J connectivity index is 1.77. The van der Waals surface area contributed by atoms with Crippen LogP contribution in [-0.4, -0.2) is 39.4 Å². The number of nitrogens with one attached hydrogen (secondary N) is 2. The Morgan fingerprint density at radius 1 is 1.27 bits per heavy atom. The summed E-state index contributed by atoms with van der Waals surface area (Å²) in [5, 5.41) is 5.45. The van der Waals surface area contributed by atoms with Gasteiger partial charge in [0.05, 0.1) is 5.69 Å². The van der Waals surface area contributed by atoms with E-state index in [2.05, 4.69) is 25.6 Å². The summed E-state index contributed by atoms with van der Waals surface area (Å²) < 4.78 is 0. The number of hydrogen-bond donors (Lipinski definition) is 2. The molecule has 0 spiro atoms. The van der Waals surface area contributed by atoms with Crippen LogP contribution < -0.4 is 10.6 Å². The zero-order valence-electron chi connectivity index (χ0n) is 11.8. The van der Waals surface area contributed by atoms with Crippen LogP contribution in [0.5, 0.6) is 0 Å². The van der Waals surface area contributed by atoms with Crippen molar-refractivity contribution < 1.29 is 9.59 Å². The molecule has 1 fully saturated rings. The molecule has 112 valence electrons. The van der Waals surface area contributed by atoms with Crippen LogP contribution in [0, 0.1) is 0 Å². The SMILES string of the molecule is O=C(N[C@H]1CCCNC1=O)c1cccc(-c2cncnc2)n1. The number of hydrogen-bond acceptors (Lipinski definition) is 5. The van der Waals surface area contributed by atoms with E-state index in [1.54, 1.807) is 30.6 Å². The van der Waals surface area contributed by atoms with E-state index in [-0.39, 0.29) is 17.5 Å². The maximum atomic E-state index is 12.3. The lowest BCUT2D eigenvalue weighted by atomic mass is 10.1. The highest BCUT2D eigenvalue weighted by Gasteiger charge is 2.24. The average Bonchev–Trinajstić information content (AvgIpc) is 2.58. The second-order valence-electron chi connectivity index (χ2n) is 4.99. The molecular formula is C15H15N5O2. The summed E-state index contributed by atoms with van der Waals surface area (Å²) in [7, 11) is 0. The fourth-order valence-corrected chi connectivity index (χ4v) is 2.30. The van der Waals surface area contributed by atoms with Gasteiger partial charge in [-0.05, 0) is 25.0 Å². The molecule has 1 aliphatic rings. The number of carbonyl (C=O) groups is 2. The van der Waals surface area contributed by atoms with Gasteiger partial charge in [0.25, 0.3) is 5.91 Å². The molecule has 7 nitrogen and oxygen atoms in total. The molecular weight excluding hydrogens is 282 g/mol. The number of piperidine rings is 1. The van der Waals surface area contributed by atoms with Crippen LogP contribution in [0.1, 0.15) is 23.3 Å². The van der Waals surface area contributed by atoms with Gasteiger partial charge in [-0.15, -0.1) is 0 Å². The Hall–Kier alpha value is -2.83. The predicted molar refractivity (Wildman–Crippen MR) is 78.8 cm³/mol. The molecule has 2 amide bonds. The van der Waals surface area contributed by atoms with Gasteiger partial charge >= 0.3 is 0 Å². The number of amides is 2. The first-order valence-electron chi connectivity index (χ1n) is 7.05. The van der Waals surface area contributed by atoms with E-state index in [1.165, 1.54) is 6.33 Å². The van der Waals surface area contributed by atoms with E-state index >= 15 is 0 Å². The van der Waals surface area contributed by atoms with E-state index in [0.29, 0.717) is 18.7 Å². The molecule has 0 bridgehead atoms. The number of pyridine rings is 1. The lowest BCUT2D eigenvalue weighted by molar-refractivity contribution is -0.124. The van der Waals surface area contributed by atoms with E-state index in [4.69, 9.17) is 0 Å². The maximum Gasteiger partial charge on any atom is 0.270 e. The molecule has 2 N–H and O–H groups in total. The highest BCUT2D eigenvalue weighted by atomic mass is 16.2. The summed E-state index contributed by atoms with van der Waals surface area (Å²) in [6.07, 6.45) is 6.19. The van der Waals surface area contributed by atoms with Crippen molar-refractivity contribution in [1.82, 2.24) is 25.6 Å². The van der Waals surface area contributed by atoms with Gasteiger partial charge in [0.1, 0.15) is 18.1 Å². The van der Waals surface area contributed by atoms with Gasteiger partial charge < -0.3 is 10.6 Å². The highest BCUT2D eigenvalue weighted by Crippen LogP contribution is 2.14. The molecule has 7 heteroatoms. The van der Waals surface area contributed by atoms with E-state index in [9.17, 15) is 9.59 Å². The Bertz CT molecular complexity index is 689. The van der Waals surface area contributed by atoms with E-state index in [0.717, 1.165) is 12.0 Å². The molecule has 2 aromatic heterocycles. The van der Waals surface area contributed by atoms with Gasteiger partial charge in [-0.2, -0.15) is 0 Å². The molecule has 0 saturated carbocycles. The second-order valence-corrected chi connectivity index (χ2v) is 4.99. The Kier molecular flexibility index (Phi) is 4.04. The van der Waals surface area contributed by atoms with Crippen molar-refractivity contribution in [3.05, 3.63) is 42.6 Å². The van der Waals surface area contributed by atoms with E-state index < -0.39 is 6.04 Å². The van der Waals surface area contributed by atoms with Crippen molar-refractivity contribution in [3.63, 3.8) is 0 Å². The van der Waals surface area contributed by atoms with Gasteiger partial charge in [-0.3, -0.25) is 9.59 Å². The van der Waals surface area contributed by atoms with Gasteiger partial charge in [0.2, 0.25) is 5.91 Å². The van der Waals surface area contributed by atoms with Gasteiger partial charge in [-0.25, -0.2) is 15.0 Å². The zero-order chi connectivity index (χ0) is 15.4. The Morgan fingerprint density at radius 3 is 2.86 bits per heavy atom. The Morgan fingerprint density at radius 2 is 2.09 bits per heavy atom. The molecule has 0 aliphatic carbocycles. The van der Waals surface area contributed by atoms with Crippen LogP contribution in [0.2, 0.25) is 0 Å². The summed E-state index contributed by atoms with van der Waals surface area (Å²) in [5.74, 6) is -0.507. The molecule has 2 aromatic rings. The molecule has 3 heterocycles. The van der Waals surface area contributed by atoms with Crippen molar-refractivity contribution in [3.8, 4) is 11.3 Å². The smallest absolute Gasteiger partial charge is 0.270 e. The van der Waals surface area contributed by atoms with Crippen molar-refractivity contribution in [2.45, 2.75) is 18.9 Å². The first kappa shape index (κ1) is 14.1. The van der Waals surface area contributed by atoms with Crippen LogP contribution in [0.25, 0.3) is 11.3 Å². The minimum Gasteiger partial charge on any atom is -0.354 e. The number of rotatable bonds is 3. The number of aromatic nitrogens is 3. The van der Waals surface area contributed by atoms with Crippen molar-refractivity contribution in [1.29, 1.82) is 0 Å². The van der Waals surface area contributed by atoms with Crippen LogP contribution >= 0.6 is 0 Å². The van der Waals surface area contributed by atoms with Gasteiger partial charge in [0, 0.05) is 24.5 Å². The summed E-state index contributed by atoms with van der Waals surface area (Å²) in [4.78, 5) is 36.1. The van der Waals surface area contributed by atoms with Crippen molar-refractivity contribution in [2.75, 3.05) is 6.54 Å². The normalized spacial score (nSPS) is 17.6. The molecule has 1 saturated heterocycles. The third kappa shape index (κ3) is 3.08. The first-order chi connectivity index (χ1) is 10.7. The largest absolute Gasteiger partial charge is 0.354 e. The second kappa shape index (κ2) is 6.30. The highest BCUT2D eigenvalue weighted by molar-refractivity contribution is 5.96. The van der Waals surface area contributed by atoms with Crippen molar-refractivity contribution in [2.24, 2.45) is 0 Å². The van der Waals surface area contributed by atoms with Crippen LogP contribution in [0.3, 0.4) is 0 Å².